The molecule has 4 rings (SSSR count). The molecule has 3 aromatic carbocycles. The summed E-state index contributed by atoms with van der Waals surface area (Å²) in [4.78, 5) is 45.9. The third-order valence-electron chi connectivity index (χ3n) is 5.12. The first-order chi connectivity index (χ1) is 21.0. The zero-order valence-electron chi connectivity index (χ0n) is 24.1. The number of carbonyl (C=O) groups is 3. The second-order valence-electron chi connectivity index (χ2n) is 8.46. The highest BCUT2D eigenvalue weighted by Gasteiger charge is 2.19. The standard InChI is InChI=1S/C20H16N2O6S3.C8H9NO2.C2H6/c21-13-5-8-16(28-18(23)2-1-9-22(25)26)15(10-13)20(24)27-14-6-3-12(4-7-14)17-11-19(29)31-30-17;1-6(10)11-8-4-2-7(9)3-5-8;1-2/h3-8,10-11H,1-2,9,21H2;2-5H,9H2,1H3;1-2H3. The Balaban J connectivity index is 0.000000434. The summed E-state index contributed by atoms with van der Waals surface area (Å²) in [5.74, 6) is -0.970. The molecular formula is C30H31N3O8S3. The molecule has 0 saturated heterocycles. The van der Waals surface area contributed by atoms with Crippen LogP contribution in [0.5, 0.6) is 17.2 Å². The predicted octanol–water partition coefficient (Wildman–Crippen LogP) is 7.19. The van der Waals surface area contributed by atoms with Gasteiger partial charge in [0.25, 0.3) is 0 Å². The zero-order chi connectivity index (χ0) is 32.6. The van der Waals surface area contributed by atoms with Gasteiger partial charge in [0.05, 0.1) is 6.42 Å². The number of esters is 3. The van der Waals surface area contributed by atoms with Crippen molar-refractivity contribution in [2.24, 2.45) is 0 Å². The summed E-state index contributed by atoms with van der Waals surface area (Å²) in [5.41, 5.74) is 13.0. The molecule has 0 saturated carbocycles. The van der Waals surface area contributed by atoms with Crippen LogP contribution in [0.1, 0.15) is 44.0 Å². The molecule has 0 aliphatic heterocycles. The maximum absolute atomic E-state index is 12.7. The Bertz CT molecular complexity index is 1620. The summed E-state index contributed by atoms with van der Waals surface area (Å²) in [6.45, 7) is 5.01. The Hall–Kier alpha value is -4.66. The Morgan fingerprint density at radius 3 is 2.00 bits per heavy atom. The molecule has 1 aromatic heterocycles. The molecule has 0 unspecified atom stereocenters. The Kier molecular flexibility index (Phi) is 14.6. The Morgan fingerprint density at radius 1 is 0.841 bits per heavy atom. The van der Waals surface area contributed by atoms with Crippen LogP contribution in [-0.4, -0.2) is 29.4 Å². The number of nitrogens with zero attached hydrogens (tertiary/aromatic N) is 1. The SMILES string of the molecule is CC.CC(=O)Oc1ccc(N)cc1.Nc1ccc(OC(=O)CCC[N+](=O)[O-])c(C(=O)Oc2ccc(-c3cc(=S)ss3)cc2)c1. The number of anilines is 2. The highest BCUT2D eigenvalue weighted by molar-refractivity contribution is 7.80. The molecule has 4 aromatic rings. The lowest BCUT2D eigenvalue weighted by atomic mass is 10.1. The van der Waals surface area contributed by atoms with Crippen molar-refractivity contribution in [1.29, 1.82) is 0 Å². The van der Waals surface area contributed by atoms with Crippen LogP contribution in [0.15, 0.2) is 72.8 Å². The largest absolute Gasteiger partial charge is 0.427 e. The molecule has 232 valence electrons. The van der Waals surface area contributed by atoms with Crippen molar-refractivity contribution in [3.05, 3.63) is 92.3 Å². The number of nitro groups is 1. The van der Waals surface area contributed by atoms with E-state index in [-0.39, 0.29) is 42.4 Å². The van der Waals surface area contributed by atoms with Crippen molar-refractivity contribution in [1.82, 2.24) is 0 Å². The predicted molar refractivity (Wildman–Crippen MR) is 175 cm³/mol. The summed E-state index contributed by atoms with van der Waals surface area (Å²) in [6, 6.07) is 19.7. The first kappa shape index (κ1) is 35.5. The Labute approximate surface area is 266 Å². The van der Waals surface area contributed by atoms with Crippen molar-refractivity contribution in [3.8, 4) is 27.7 Å². The van der Waals surface area contributed by atoms with Gasteiger partial charge in [0.2, 0.25) is 6.54 Å². The van der Waals surface area contributed by atoms with E-state index in [0.717, 1.165) is 14.3 Å². The molecule has 0 aliphatic carbocycles. The van der Waals surface area contributed by atoms with Gasteiger partial charge in [-0.1, -0.05) is 46.7 Å². The highest BCUT2D eigenvalue weighted by atomic mass is 32.9. The summed E-state index contributed by atoms with van der Waals surface area (Å²) in [5, 5.41) is 10.4. The van der Waals surface area contributed by atoms with Crippen molar-refractivity contribution < 1.29 is 33.5 Å². The number of ether oxygens (including phenoxy) is 3. The molecule has 4 N–H and O–H groups in total. The average molecular weight is 658 g/mol. The second kappa shape index (κ2) is 18.1. The van der Waals surface area contributed by atoms with E-state index in [1.807, 2.05) is 32.0 Å². The number of rotatable bonds is 9. The average Bonchev–Trinajstić information content (AvgIpc) is 3.42. The van der Waals surface area contributed by atoms with Crippen molar-refractivity contribution in [2.45, 2.75) is 33.6 Å². The van der Waals surface area contributed by atoms with Gasteiger partial charge in [0.1, 0.15) is 26.6 Å². The van der Waals surface area contributed by atoms with Crippen molar-refractivity contribution in [2.75, 3.05) is 18.0 Å². The molecule has 0 fully saturated rings. The molecule has 1 heterocycles. The van der Waals surface area contributed by atoms with Crippen LogP contribution < -0.4 is 25.7 Å². The van der Waals surface area contributed by atoms with E-state index in [2.05, 4.69) is 0 Å². The molecular weight excluding hydrogens is 627 g/mol. The highest BCUT2D eigenvalue weighted by Crippen LogP contribution is 2.31. The van der Waals surface area contributed by atoms with E-state index in [4.69, 9.17) is 37.9 Å². The molecule has 0 atom stereocenters. The summed E-state index contributed by atoms with van der Waals surface area (Å²) in [7, 11) is 3.08. The Morgan fingerprint density at radius 2 is 1.43 bits per heavy atom. The summed E-state index contributed by atoms with van der Waals surface area (Å²) in [6.07, 6.45) is -0.123. The van der Waals surface area contributed by atoms with Gasteiger partial charge < -0.3 is 25.7 Å². The molecule has 0 spiro atoms. The number of nitrogen functional groups attached to an aromatic ring is 2. The van der Waals surface area contributed by atoms with Crippen molar-refractivity contribution in [3.63, 3.8) is 0 Å². The molecule has 44 heavy (non-hydrogen) atoms. The van der Waals surface area contributed by atoms with Gasteiger partial charge in [-0.15, -0.1) is 0 Å². The van der Waals surface area contributed by atoms with E-state index in [0.29, 0.717) is 17.2 Å². The maximum Gasteiger partial charge on any atom is 0.347 e. The van der Waals surface area contributed by atoms with Gasteiger partial charge in [-0.05, 0) is 78.4 Å². The van der Waals surface area contributed by atoms with Crippen LogP contribution >= 0.6 is 32.9 Å². The van der Waals surface area contributed by atoms with Gasteiger partial charge in [0.15, 0.2) is 0 Å². The van der Waals surface area contributed by atoms with Crippen LogP contribution in [0.2, 0.25) is 0 Å². The minimum atomic E-state index is -0.751. The fourth-order valence-electron chi connectivity index (χ4n) is 3.25. The topological polar surface area (TPSA) is 174 Å². The van der Waals surface area contributed by atoms with E-state index in [1.54, 1.807) is 46.7 Å². The van der Waals surface area contributed by atoms with E-state index in [1.165, 1.54) is 35.5 Å². The quantitative estimate of drug-likeness (QED) is 0.0354. The third-order valence-corrected chi connectivity index (χ3v) is 8.03. The van der Waals surface area contributed by atoms with E-state index >= 15 is 0 Å². The lowest BCUT2D eigenvalue weighted by molar-refractivity contribution is -0.480. The van der Waals surface area contributed by atoms with Crippen LogP contribution in [-0.2, 0) is 9.59 Å². The van der Waals surface area contributed by atoms with Gasteiger partial charge in [-0.2, -0.15) is 0 Å². The monoisotopic (exact) mass is 657 g/mol. The molecule has 0 amide bonds. The zero-order valence-corrected chi connectivity index (χ0v) is 26.6. The normalized spacial score (nSPS) is 9.80. The second-order valence-corrected chi connectivity index (χ2v) is 11.4. The molecule has 0 radical (unpaired) electrons. The number of hydrogen-bond donors (Lipinski definition) is 2. The number of benzene rings is 3. The first-order valence-electron chi connectivity index (χ1n) is 13.2. The lowest BCUT2D eigenvalue weighted by Crippen LogP contribution is -2.15. The van der Waals surface area contributed by atoms with Crippen molar-refractivity contribution >= 4 is 62.2 Å². The van der Waals surface area contributed by atoms with E-state index < -0.39 is 16.9 Å². The number of hydrogen-bond acceptors (Lipinski definition) is 13. The van der Waals surface area contributed by atoms with E-state index in [9.17, 15) is 24.5 Å². The maximum atomic E-state index is 12.7. The number of nitrogens with two attached hydrogens (primary N) is 2. The van der Waals surface area contributed by atoms with Crippen LogP contribution in [0.25, 0.3) is 10.4 Å². The molecule has 0 bridgehead atoms. The molecule has 11 nitrogen and oxygen atoms in total. The molecule has 14 heteroatoms. The van der Waals surface area contributed by atoms with Gasteiger partial charge in [-0.3, -0.25) is 19.7 Å². The van der Waals surface area contributed by atoms with Gasteiger partial charge in [0, 0.05) is 34.5 Å². The number of carbonyl (C=O) groups excluding carboxylic acids is 3. The van der Waals surface area contributed by atoms with Gasteiger partial charge in [-0.25, -0.2) is 4.79 Å². The minimum absolute atomic E-state index is 0.0255. The first-order valence-corrected chi connectivity index (χ1v) is 15.7. The fraction of sp³-hybridized carbons (Fsp3) is 0.200. The summed E-state index contributed by atoms with van der Waals surface area (Å²) >= 11 is 5.14. The van der Waals surface area contributed by atoms with Crippen LogP contribution in [0.3, 0.4) is 0 Å². The van der Waals surface area contributed by atoms with Crippen LogP contribution in [0.4, 0.5) is 11.4 Å². The summed E-state index contributed by atoms with van der Waals surface area (Å²) < 4.78 is 16.2. The molecule has 0 aliphatic rings. The minimum Gasteiger partial charge on any atom is -0.427 e. The fourth-order valence-corrected chi connectivity index (χ4v) is 5.65. The lowest BCUT2D eigenvalue weighted by Gasteiger charge is -2.11. The van der Waals surface area contributed by atoms with Gasteiger partial charge >= 0.3 is 17.9 Å². The smallest absolute Gasteiger partial charge is 0.347 e. The van der Waals surface area contributed by atoms with Crippen LogP contribution in [0, 0.1) is 13.9 Å². The third kappa shape index (κ3) is 12.3.